The smallest absolute Gasteiger partial charge is 0.352 e. The van der Waals surface area contributed by atoms with Gasteiger partial charge in [0.15, 0.2) is 0 Å². The summed E-state index contributed by atoms with van der Waals surface area (Å²) in [5.74, 6) is -0.520. The summed E-state index contributed by atoms with van der Waals surface area (Å²) in [5, 5.41) is 2.82. The van der Waals surface area contributed by atoms with Crippen LogP contribution in [0.15, 0.2) is 54.9 Å². The number of carbonyl (C=O) groups excluding carboxylic acids is 3. The number of aromatic nitrogens is 1. The van der Waals surface area contributed by atoms with Crippen LogP contribution in [0.2, 0.25) is 0 Å². The molecule has 1 fully saturated rings. The third-order valence-corrected chi connectivity index (χ3v) is 5.48. The fraction of sp³-hybridized carbons (Fsp3) is 0.304. The van der Waals surface area contributed by atoms with E-state index < -0.39 is 29.2 Å². The van der Waals surface area contributed by atoms with Crippen molar-refractivity contribution in [2.75, 3.05) is 18.0 Å². The van der Waals surface area contributed by atoms with Gasteiger partial charge in [-0.2, -0.15) is 13.2 Å². The number of halogens is 3. The third-order valence-electron chi connectivity index (χ3n) is 5.48. The topological polar surface area (TPSA) is 82.6 Å². The van der Waals surface area contributed by atoms with Crippen molar-refractivity contribution in [3.8, 4) is 0 Å². The zero-order valence-corrected chi connectivity index (χ0v) is 17.5. The number of hydrogen-bond acceptors (Lipinski definition) is 4. The average molecular weight is 458 g/mol. The van der Waals surface area contributed by atoms with Crippen LogP contribution >= 0.6 is 0 Å². The molecule has 10 heteroatoms. The fourth-order valence-electron chi connectivity index (χ4n) is 3.50. The summed E-state index contributed by atoms with van der Waals surface area (Å²) in [6, 6.07) is 6.42. The predicted molar refractivity (Wildman–Crippen MR) is 113 cm³/mol. The van der Waals surface area contributed by atoms with Gasteiger partial charge in [-0.1, -0.05) is 25.0 Å². The second-order valence-electron chi connectivity index (χ2n) is 7.89. The molecule has 1 aromatic carbocycles. The zero-order valence-electron chi connectivity index (χ0n) is 17.5. The second-order valence-corrected chi connectivity index (χ2v) is 7.89. The van der Waals surface area contributed by atoms with E-state index in [-0.39, 0.29) is 18.3 Å². The number of rotatable bonds is 6. The normalized spacial score (nSPS) is 16.2. The lowest BCUT2D eigenvalue weighted by Gasteiger charge is -2.30. The van der Waals surface area contributed by atoms with Gasteiger partial charge in [0.05, 0.1) is 23.2 Å². The van der Waals surface area contributed by atoms with E-state index in [0.717, 1.165) is 23.5 Å². The summed E-state index contributed by atoms with van der Waals surface area (Å²) in [4.78, 5) is 43.8. The van der Waals surface area contributed by atoms with Gasteiger partial charge < -0.3 is 5.32 Å². The van der Waals surface area contributed by atoms with Crippen LogP contribution in [0.3, 0.4) is 0 Å². The van der Waals surface area contributed by atoms with Gasteiger partial charge in [0, 0.05) is 18.9 Å². The number of pyridine rings is 1. The molecule has 2 aliphatic rings. The van der Waals surface area contributed by atoms with E-state index in [1.165, 1.54) is 55.6 Å². The predicted octanol–water partition coefficient (Wildman–Crippen LogP) is 4.23. The minimum absolute atomic E-state index is 0.132. The molecule has 4 amide bonds. The summed E-state index contributed by atoms with van der Waals surface area (Å²) in [6.45, 7) is 0.400. The molecular weight excluding hydrogens is 437 g/mol. The van der Waals surface area contributed by atoms with Crippen molar-refractivity contribution in [3.05, 3.63) is 71.6 Å². The highest BCUT2D eigenvalue weighted by atomic mass is 19.4. The van der Waals surface area contributed by atoms with E-state index in [0.29, 0.717) is 22.9 Å². The van der Waals surface area contributed by atoms with Crippen LogP contribution < -0.4 is 10.2 Å². The van der Waals surface area contributed by atoms with Crippen molar-refractivity contribution in [2.24, 2.45) is 5.92 Å². The summed E-state index contributed by atoms with van der Waals surface area (Å²) < 4.78 is 39.9. The van der Waals surface area contributed by atoms with Crippen LogP contribution in [0.1, 0.15) is 45.5 Å². The molecule has 0 unspecified atom stereocenters. The Balaban J connectivity index is 1.47. The number of amides is 4. The third kappa shape index (κ3) is 5.05. The Morgan fingerprint density at radius 1 is 1.12 bits per heavy atom. The van der Waals surface area contributed by atoms with Crippen molar-refractivity contribution in [2.45, 2.75) is 25.4 Å². The number of nitrogens with one attached hydrogen (secondary N) is 1. The lowest BCUT2D eigenvalue weighted by molar-refractivity contribution is -0.138. The van der Waals surface area contributed by atoms with Gasteiger partial charge in [-0.15, -0.1) is 0 Å². The van der Waals surface area contributed by atoms with Crippen LogP contribution in [0.4, 0.5) is 23.8 Å². The van der Waals surface area contributed by atoms with Gasteiger partial charge in [-0.05, 0) is 42.7 Å². The van der Waals surface area contributed by atoms with E-state index in [9.17, 15) is 27.6 Å². The van der Waals surface area contributed by atoms with E-state index in [1.807, 2.05) is 0 Å². The number of benzene rings is 1. The Bertz CT molecular complexity index is 1090. The van der Waals surface area contributed by atoms with Gasteiger partial charge in [-0.25, -0.2) is 9.78 Å². The first-order valence-corrected chi connectivity index (χ1v) is 10.5. The molecule has 172 valence electrons. The molecule has 1 aliphatic heterocycles. The van der Waals surface area contributed by atoms with Crippen LogP contribution in [0.5, 0.6) is 0 Å². The van der Waals surface area contributed by atoms with Gasteiger partial charge in [0.25, 0.3) is 11.8 Å². The van der Waals surface area contributed by atoms with Gasteiger partial charge in [-0.3, -0.25) is 19.4 Å². The Labute approximate surface area is 187 Å². The first-order chi connectivity index (χ1) is 15.8. The second kappa shape index (κ2) is 9.05. The first kappa shape index (κ1) is 22.5. The molecular formula is C23H21F3N4O3. The lowest BCUT2D eigenvalue weighted by atomic mass is 10.1. The first-order valence-electron chi connectivity index (χ1n) is 10.5. The van der Waals surface area contributed by atoms with Crippen molar-refractivity contribution in [1.29, 1.82) is 0 Å². The summed E-state index contributed by atoms with van der Waals surface area (Å²) >= 11 is 0. The molecule has 1 aliphatic carbocycles. The molecule has 1 aromatic heterocycles. The van der Waals surface area contributed by atoms with Gasteiger partial charge >= 0.3 is 12.2 Å². The number of anilines is 1. The van der Waals surface area contributed by atoms with Crippen molar-refractivity contribution in [1.82, 2.24) is 15.2 Å². The Morgan fingerprint density at radius 3 is 2.55 bits per heavy atom. The maximum atomic E-state index is 13.3. The van der Waals surface area contributed by atoms with Crippen molar-refractivity contribution < 1.29 is 27.6 Å². The molecule has 0 saturated heterocycles. The Kier molecular flexibility index (Phi) is 6.17. The highest BCUT2D eigenvalue weighted by Crippen LogP contribution is 2.33. The molecule has 1 N–H and O–H groups in total. The standard InChI is InChI=1S/C23H21F3N4O3/c24-23(25,26)18-5-2-1-4-17(18)21(32)30-13-3-12-29(22(30)33)19-9-8-16(14-28-19)20(31)27-11-10-15-6-7-15/h1-5,8-9,12,14-15H,6-7,10-11,13H2,(H,27,31). The number of urea groups is 1. The summed E-state index contributed by atoms with van der Waals surface area (Å²) in [6.07, 6.45) is 2.76. The average Bonchev–Trinajstić information content (AvgIpc) is 3.63. The summed E-state index contributed by atoms with van der Waals surface area (Å²) in [5.41, 5.74) is -1.41. The molecule has 1 saturated carbocycles. The molecule has 0 bridgehead atoms. The van der Waals surface area contributed by atoms with Crippen LogP contribution in [-0.4, -0.2) is 40.8 Å². The maximum absolute atomic E-state index is 13.3. The molecule has 7 nitrogen and oxygen atoms in total. The molecule has 2 heterocycles. The molecule has 0 radical (unpaired) electrons. The van der Waals surface area contributed by atoms with E-state index in [1.54, 1.807) is 0 Å². The maximum Gasteiger partial charge on any atom is 0.417 e. The summed E-state index contributed by atoms with van der Waals surface area (Å²) in [7, 11) is 0. The number of imide groups is 1. The highest BCUT2D eigenvalue weighted by Gasteiger charge is 2.38. The van der Waals surface area contributed by atoms with Crippen LogP contribution in [0, 0.1) is 5.92 Å². The molecule has 4 rings (SSSR count). The molecule has 33 heavy (non-hydrogen) atoms. The monoisotopic (exact) mass is 458 g/mol. The van der Waals surface area contributed by atoms with Gasteiger partial charge in [0.2, 0.25) is 0 Å². The Hall–Kier alpha value is -3.69. The fourth-order valence-corrected chi connectivity index (χ4v) is 3.50. The van der Waals surface area contributed by atoms with E-state index >= 15 is 0 Å². The lowest BCUT2D eigenvalue weighted by Crippen LogP contribution is -2.47. The quantitative estimate of drug-likeness (QED) is 0.703. The molecule has 2 aromatic rings. The number of alkyl halides is 3. The SMILES string of the molecule is O=C(NCCC1CC1)c1ccc(N2C=CCN(C(=O)c3ccccc3C(F)(F)F)C2=O)nc1. The van der Waals surface area contributed by atoms with Crippen LogP contribution in [-0.2, 0) is 6.18 Å². The van der Waals surface area contributed by atoms with E-state index in [4.69, 9.17) is 0 Å². The number of hydrogen-bond donors (Lipinski definition) is 1. The largest absolute Gasteiger partial charge is 0.417 e. The zero-order chi connectivity index (χ0) is 23.6. The van der Waals surface area contributed by atoms with Crippen LogP contribution in [0.25, 0.3) is 0 Å². The Morgan fingerprint density at radius 2 is 1.88 bits per heavy atom. The van der Waals surface area contributed by atoms with Crippen molar-refractivity contribution >= 4 is 23.7 Å². The number of nitrogens with zero attached hydrogens (tertiary/aromatic N) is 3. The number of carbonyl (C=O) groups is 3. The highest BCUT2D eigenvalue weighted by molar-refractivity contribution is 6.10. The molecule has 0 atom stereocenters. The van der Waals surface area contributed by atoms with Gasteiger partial charge in [0.1, 0.15) is 5.82 Å². The van der Waals surface area contributed by atoms with Crippen molar-refractivity contribution in [3.63, 3.8) is 0 Å². The van der Waals surface area contributed by atoms with E-state index in [2.05, 4.69) is 10.3 Å². The minimum atomic E-state index is -4.74. The molecule has 0 spiro atoms. The minimum Gasteiger partial charge on any atom is -0.352 e.